The summed E-state index contributed by atoms with van der Waals surface area (Å²) in [7, 11) is 1.42. The average Bonchev–Trinajstić information content (AvgIpc) is 3.38. The van der Waals surface area contributed by atoms with Gasteiger partial charge in [0.2, 0.25) is 12.2 Å². The van der Waals surface area contributed by atoms with Gasteiger partial charge in [0.15, 0.2) is 11.5 Å². The summed E-state index contributed by atoms with van der Waals surface area (Å²) >= 11 is 0. The topological polar surface area (TPSA) is 92.8 Å². The first-order valence-corrected chi connectivity index (χ1v) is 13.8. The van der Waals surface area contributed by atoms with Gasteiger partial charge in [0.05, 0.1) is 30.6 Å². The molecule has 2 aromatic carbocycles. The van der Waals surface area contributed by atoms with Crippen molar-refractivity contribution in [3.05, 3.63) is 84.3 Å². The molecule has 3 heterocycles. The number of benzene rings is 2. The molecule has 8 nitrogen and oxygen atoms in total. The van der Waals surface area contributed by atoms with Crippen molar-refractivity contribution in [2.45, 2.75) is 46.5 Å². The molecule has 5 rings (SSSR count). The van der Waals surface area contributed by atoms with Crippen LogP contribution < -0.4 is 9.47 Å². The normalized spacial score (nSPS) is 15.4. The number of halogens is 1. The Balaban J connectivity index is 0.000000392. The van der Waals surface area contributed by atoms with Crippen LogP contribution in [-0.2, 0) is 4.79 Å². The maximum Gasteiger partial charge on any atom is 0.209 e. The van der Waals surface area contributed by atoms with Gasteiger partial charge in [0, 0.05) is 42.5 Å². The van der Waals surface area contributed by atoms with Gasteiger partial charge in [0.25, 0.3) is 0 Å². The van der Waals surface area contributed by atoms with Gasteiger partial charge in [-0.1, -0.05) is 32.9 Å². The molecule has 2 aromatic heterocycles. The summed E-state index contributed by atoms with van der Waals surface area (Å²) in [5.74, 6) is 1.26. The molecule has 1 amide bonds. The zero-order valence-electron chi connectivity index (χ0n) is 24.7. The number of carbonyl (C=O) groups is 1. The highest BCUT2D eigenvalue weighted by Crippen LogP contribution is 2.34. The van der Waals surface area contributed by atoms with Gasteiger partial charge in [-0.15, -0.1) is 0 Å². The Hall–Kier alpha value is -4.71. The first-order valence-electron chi connectivity index (χ1n) is 13.8. The van der Waals surface area contributed by atoms with E-state index in [1.807, 2.05) is 31.3 Å². The van der Waals surface area contributed by atoms with Crippen molar-refractivity contribution in [1.82, 2.24) is 19.3 Å². The summed E-state index contributed by atoms with van der Waals surface area (Å²) in [5.41, 5.74) is 3.53. The molecule has 0 spiro atoms. The fourth-order valence-electron chi connectivity index (χ4n) is 4.99. The monoisotopic (exact) mass is 569 g/mol. The lowest BCUT2D eigenvalue weighted by Crippen LogP contribution is -2.33. The van der Waals surface area contributed by atoms with Crippen molar-refractivity contribution in [2.24, 2.45) is 5.41 Å². The van der Waals surface area contributed by atoms with Gasteiger partial charge in [0.1, 0.15) is 11.6 Å². The van der Waals surface area contributed by atoms with E-state index >= 15 is 0 Å². The predicted molar refractivity (Wildman–Crippen MR) is 160 cm³/mol. The quantitative estimate of drug-likeness (QED) is 0.180. The molecule has 0 radical (unpaired) electrons. The molecule has 1 aliphatic heterocycles. The molecule has 0 bridgehead atoms. The number of likely N-dealkylation sites (tertiary alicyclic amines) is 1. The van der Waals surface area contributed by atoms with Crippen molar-refractivity contribution in [2.75, 3.05) is 20.2 Å². The lowest BCUT2D eigenvalue weighted by molar-refractivity contribution is -0.119. The predicted octanol–water partition coefficient (Wildman–Crippen LogP) is 7.17. The Kier molecular flexibility index (Phi) is 9.58. The number of amides is 1. The molecule has 1 atom stereocenters. The van der Waals surface area contributed by atoms with Gasteiger partial charge in [-0.2, -0.15) is 9.65 Å². The Morgan fingerprint density at radius 3 is 2.55 bits per heavy atom. The number of imidazole rings is 1. The third-order valence-electron chi connectivity index (χ3n) is 6.77. The lowest BCUT2D eigenvalue weighted by atomic mass is 9.94. The number of aromatic nitrogens is 3. The van der Waals surface area contributed by atoms with Gasteiger partial charge >= 0.3 is 0 Å². The Morgan fingerprint density at radius 2 is 1.90 bits per heavy atom. The summed E-state index contributed by atoms with van der Waals surface area (Å²) in [6.07, 6.45) is 10.2. The number of carbonyl (C=O) groups excluding carboxylic acids is 1. The van der Waals surface area contributed by atoms with Crippen LogP contribution in [0.25, 0.3) is 16.8 Å². The summed E-state index contributed by atoms with van der Waals surface area (Å²) in [6, 6.07) is 14.2. The van der Waals surface area contributed by atoms with Gasteiger partial charge in [-0.05, 0) is 61.6 Å². The fraction of sp³-hybridized carbons (Fsp3) is 0.333. The van der Waals surface area contributed by atoms with E-state index in [4.69, 9.17) is 19.7 Å². The number of piperidine rings is 1. The molecular formula is C33H36FN5O3. The minimum absolute atomic E-state index is 0.0954. The van der Waals surface area contributed by atoms with E-state index in [-0.39, 0.29) is 22.8 Å². The highest BCUT2D eigenvalue weighted by atomic mass is 19.1. The van der Waals surface area contributed by atoms with Crippen molar-refractivity contribution >= 4 is 11.9 Å². The molecule has 0 aliphatic carbocycles. The van der Waals surface area contributed by atoms with Crippen LogP contribution >= 0.6 is 0 Å². The number of rotatable bonds is 6. The zero-order valence-corrected chi connectivity index (χ0v) is 24.7. The number of nitriles is 1. The fourth-order valence-corrected chi connectivity index (χ4v) is 4.99. The molecule has 1 saturated heterocycles. The molecule has 1 unspecified atom stereocenters. The van der Waals surface area contributed by atoms with Crippen LogP contribution in [0.1, 0.15) is 52.3 Å². The van der Waals surface area contributed by atoms with E-state index < -0.39 is 5.82 Å². The Labute approximate surface area is 246 Å². The largest absolute Gasteiger partial charge is 0.494 e. The van der Waals surface area contributed by atoms with E-state index in [2.05, 4.69) is 36.2 Å². The summed E-state index contributed by atoms with van der Waals surface area (Å²) in [6.45, 7) is 9.50. The maximum absolute atomic E-state index is 14.4. The van der Waals surface area contributed by atoms with Crippen LogP contribution in [0.3, 0.4) is 0 Å². The average molecular weight is 570 g/mol. The van der Waals surface area contributed by atoms with E-state index in [0.717, 1.165) is 54.0 Å². The minimum Gasteiger partial charge on any atom is -0.494 e. The van der Waals surface area contributed by atoms with E-state index in [1.165, 1.54) is 7.11 Å². The van der Waals surface area contributed by atoms with Crippen molar-refractivity contribution in [1.29, 1.82) is 5.26 Å². The van der Waals surface area contributed by atoms with E-state index in [0.29, 0.717) is 12.3 Å². The van der Waals surface area contributed by atoms with Crippen LogP contribution in [0.4, 0.5) is 4.39 Å². The van der Waals surface area contributed by atoms with Crippen LogP contribution in [-0.4, -0.2) is 45.9 Å². The molecule has 218 valence electrons. The standard InChI is InChI=1S/C25H23FN4O3.C8H13N/c1-32-21-5-2-6-22(23(21)26)33-19-9-7-17(8-10-19)24-20-14-27-11-13-30(20)25(28-24)18-4-3-12-29(15-18)16-31;1-7(6-9)5-8(2,3)4/h2,5-11,13-14,16,18H,3-4,12,15H2,1H3;5H,1-4H3/b;7-5-. The number of ether oxygens (including phenoxy) is 2. The third kappa shape index (κ3) is 7.32. The molecule has 0 N–H and O–H groups in total. The number of hydrogen-bond acceptors (Lipinski definition) is 6. The molecule has 1 fully saturated rings. The van der Waals surface area contributed by atoms with Gasteiger partial charge < -0.3 is 14.4 Å². The molecule has 9 heteroatoms. The highest BCUT2D eigenvalue weighted by Gasteiger charge is 2.26. The van der Waals surface area contributed by atoms with Gasteiger partial charge in [-0.3, -0.25) is 14.2 Å². The van der Waals surface area contributed by atoms with Crippen LogP contribution in [0.15, 0.2) is 72.7 Å². The number of fused-ring (bicyclic) bond motifs is 1. The zero-order chi connectivity index (χ0) is 30.3. The minimum atomic E-state index is -0.545. The van der Waals surface area contributed by atoms with Gasteiger partial charge in [-0.25, -0.2) is 4.98 Å². The Bertz CT molecular complexity index is 1600. The lowest BCUT2D eigenvalue weighted by Gasteiger charge is -2.29. The maximum atomic E-state index is 14.4. The van der Waals surface area contributed by atoms with Crippen LogP contribution in [0, 0.1) is 22.6 Å². The van der Waals surface area contributed by atoms with Crippen molar-refractivity contribution in [3.8, 4) is 34.6 Å². The molecular weight excluding hydrogens is 533 g/mol. The van der Waals surface area contributed by atoms with E-state index in [1.54, 1.807) is 47.6 Å². The second kappa shape index (κ2) is 13.3. The summed E-state index contributed by atoms with van der Waals surface area (Å²) in [4.78, 5) is 22.3. The first-order chi connectivity index (χ1) is 20.1. The van der Waals surface area contributed by atoms with Crippen molar-refractivity contribution in [3.63, 3.8) is 0 Å². The van der Waals surface area contributed by atoms with Crippen molar-refractivity contribution < 1.29 is 18.7 Å². The second-order valence-corrected chi connectivity index (χ2v) is 11.3. The highest BCUT2D eigenvalue weighted by molar-refractivity contribution is 5.77. The molecule has 42 heavy (non-hydrogen) atoms. The molecule has 4 aromatic rings. The first kappa shape index (κ1) is 30.3. The van der Waals surface area contributed by atoms with Crippen LogP contribution in [0.2, 0.25) is 0 Å². The number of allylic oxidation sites excluding steroid dienone is 2. The third-order valence-corrected chi connectivity index (χ3v) is 6.77. The SMILES string of the molecule is C/C(C#N)=C/C(C)(C)C.COc1cccc(Oc2ccc(-c3nc(C4CCCN(C=O)C4)n4ccncc34)cc2)c1F. The molecule has 1 aliphatic rings. The van der Waals surface area contributed by atoms with Crippen LogP contribution in [0.5, 0.6) is 17.2 Å². The number of hydrogen-bond donors (Lipinski definition) is 0. The smallest absolute Gasteiger partial charge is 0.209 e. The summed E-state index contributed by atoms with van der Waals surface area (Å²) in [5, 5.41) is 8.38. The van der Waals surface area contributed by atoms with E-state index in [9.17, 15) is 9.18 Å². The summed E-state index contributed by atoms with van der Waals surface area (Å²) < 4.78 is 27.2. The number of nitrogens with zero attached hydrogens (tertiary/aromatic N) is 5. The second-order valence-electron chi connectivity index (χ2n) is 11.3. The molecule has 0 saturated carbocycles. The Morgan fingerprint density at radius 1 is 1.17 bits per heavy atom. The number of methoxy groups -OCH3 is 1.